The van der Waals surface area contributed by atoms with E-state index < -0.39 is 85.3 Å². The maximum Gasteiger partial charge on any atom is 0.375 e. The number of alkyl halides is 2. The fourth-order valence-electron chi connectivity index (χ4n) is 4.74. The van der Waals surface area contributed by atoms with Crippen LogP contribution in [0.1, 0.15) is 34.1 Å². The van der Waals surface area contributed by atoms with Crippen LogP contribution in [-0.4, -0.2) is 95.4 Å². The van der Waals surface area contributed by atoms with Gasteiger partial charge in [0, 0.05) is 29.7 Å². The van der Waals surface area contributed by atoms with E-state index in [2.05, 4.69) is 20.7 Å². The van der Waals surface area contributed by atoms with E-state index in [1.54, 1.807) is 48.5 Å². The molecule has 1 aliphatic heterocycles. The first kappa shape index (κ1) is 34.3. The second-order valence-electron chi connectivity index (χ2n) is 10.1. The van der Waals surface area contributed by atoms with Gasteiger partial charge in [0.05, 0.1) is 32.4 Å². The number of rotatable bonds is 14. The molecule has 238 valence electrons. The van der Waals surface area contributed by atoms with Crippen molar-refractivity contribution in [1.82, 2.24) is 16.0 Å². The van der Waals surface area contributed by atoms with Gasteiger partial charge in [-0.1, -0.05) is 48.5 Å². The highest BCUT2D eigenvalue weighted by Gasteiger charge is 2.63. The van der Waals surface area contributed by atoms with Crippen LogP contribution in [0.15, 0.2) is 72.7 Å². The highest BCUT2D eigenvalue weighted by Crippen LogP contribution is 2.41. The van der Waals surface area contributed by atoms with Crippen LogP contribution in [-0.2, 0) is 19.1 Å². The summed E-state index contributed by atoms with van der Waals surface area (Å²) in [6.45, 7) is -0.265. The Kier molecular flexibility index (Phi) is 12.0. The molecule has 12 nitrogen and oxygen atoms in total. The van der Waals surface area contributed by atoms with Crippen LogP contribution in [0, 0.1) is 5.92 Å². The van der Waals surface area contributed by atoms with Gasteiger partial charge in [0.2, 0.25) is 0 Å². The molecule has 1 fully saturated rings. The first-order valence-corrected chi connectivity index (χ1v) is 13.6. The Morgan fingerprint density at radius 2 is 1.64 bits per heavy atom. The van der Waals surface area contributed by atoms with Crippen LogP contribution >= 0.6 is 0 Å². The first-order valence-electron chi connectivity index (χ1n) is 13.6. The van der Waals surface area contributed by atoms with Gasteiger partial charge in [0.25, 0.3) is 5.91 Å². The second-order valence-corrected chi connectivity index (χ2v) is 10.1. The number of aliphatic hydroxyl groups is 3. The number of Topliss-reactive ketones (excluding diaryl/α,β-unsaturated/α-hetero) is 2. The number of carbonyl (C=O) groups is 4. The van der Waals surface area contributed by atoms with Crippen molar-refractivity contribution in [2.24, 2.45) is 5.92 Å². The van der Waals surface area contributed by atoms with E-state index in [4.69, 9.17) is 4.74 Å². The summed E-state index contributed by atoms with van der Waals surface area (Å²) in [6.07, 6.45) is -8.29. The molecule has 2 aromatic rings. The molecule has 0 saturated carbocycles. The number of methoxy groups -OCH3 is 1. The Hall–Kier alpha value is -4.24. The summed E-state index contributed by atoms with van der Waals surface area (Å²) in [5.41, 5.74) is 0.577. The second kappa shape index (κ2) is 15.5. The largest absolute Gasteiger partial charge is 0.465 e. The van der Waals surface area contributed by atoms with E-state index in [1.807, 2.05) is 0 Å². The Morgan fingerprint density at radius 1 is 1.05 bits per heavy atom. The van der Waals surface area contributed by atoms with Gasteiger partial charge in [-0.2, -0.15) is 4.39 Å². The van der Waals surface area contributed by atoms with E-state index in [9.17, 15) is 34.5 Å². The van der Waals surface area contributed by atoms with Crippen molar-refractivity contribution < 1.29 is 52.8 Å². The van der Waals surface area contributed by atoms with E-state index in [0.717, 1.165) is 20.2 Å². The van der Waals surface area contributed by atoms with Crippen molar-refractivity contribution in [2.75, 3.05) is 20.3 Å². The molecule has 1 amide bonds. The molecule has 44 heavy (non-hydrogen) atoms. The molecular formula is C30H35F2N3O9. The summed E-state index contributed by atoms with van der Waals surface area (Å²) in [7, 11) is 0.777. The third-order valence-electron chi connectivity index (χ3n) is 7.01. The summed E-state index contributed by atoms with van der Waals surface area (Å²) >= 11 is 0. The molecule has 0 radical (unpaired) electrons. The number of ketones is 2. The third-order valence-corrected chi connectivity index (χ3v) is 7.01. The highest BCUT2D eigenvalue weighted by atomic mass is 19.2. The van der Waals surface area contributed by atoms with Gasteiger partial charge in [-0.3, -0.25) is 9.59 Å². The van der Waals surface area contributed by atoms with Crippen LogP contribution < -0.4 is 16.0 Å². The monoisotopic (exact) mass is 619 g/mol. The average molecular weight is 620 g/mol. The van der Waals surface area contributed by atoms with Gasteiger partial charge in [-0.25, -0.2) is 9.18 Å². The predicted molar refractivity (Wildman–Crippen MR) is 151 cm³/mol. The minimum absolute atomic E-state index is 0.232. The molecule has 0 aliphatic carbocycles. The zero-order valence-corrected chi connectivity index (χ0v) is 24.0. The summed E-state index contributed by atoms with van der Waals surface area (Å²) in [4.78, 5) is 50.2. The number of aliphatic hydroxyl groups excluding tert-OH is 3. The molecule has 14 heteroatoms. The SMILES string of the molecule is COC(=O)[C@]1(F)OC([C@H](O)[C@H](O)CO)[C@H](CC(C)=O)[C@H](N/C(=C/NC(=O)c2ccccc2)NCC(=O)c2ccccc2)C1F. The topological polar surface area (TPSA) is 184 Å². The van der Waals surface area contributed by atoms with Gasteiger partial charge in [-0.05, 0) is 19.1 Å². The molecular weight excluding hydrogens is 584 g/mol. The Labute approximate surface area is 252 Å². The molecule has 3 rings (SSSR count). The number of nitrogens with one attached hydrogen (secondary N) is 3. The number of benzene rings is 2. The maximum absolute atomic E-state index is 16.1. The molecule has 0 spiro atoms. The van der Waals surface area contributed by atoms with Crippen molar-refractivity contribution in [1.29, 1.82) is 0 Å². The zero-order valence-electron chi connectivity index (χ0n) is 24.0. The molecule has 0 bridgehead atoms. The van der Waals surface area contributed by atoms with Crippen LogP contribution in [0.5, 0.6) is 0 Å². The van der Waals surface area contributed by atoms with Crippen LogP contribution in [0.2, 0.25) is 0 Å². The fraction of sp³-hybridized carbons (Fsp3) is 0.400. The van der Waals surface area contributed by atoms with Crippen molar-refractivity contribution in [3.63, 3.8) is 0 Å². The zero-order chi connectivity index (χ0) is 32.4. The lowest BCUT2D eigenvalue weighted by molar-refractivity contribution is -0.287. The first-order chi connectivity index (χ1) is 20.9. The summed E-state index contributed by atoms with van der Waals surface area (Å²) in [5, 5.41) is 38.0. The number of amides is 1. The molecule has 2 unspecified atom stereocenters. The number of carbonyl (C=O) groups excluding carboxylic acids is 4. The van der Waals surface area contributed by atoms with E-state index >= 15 is 8.78 Å². The van der Waals surface area contributed by atoms with Crippen LogP contribution in [0.3, 0.4) is 0 Å². The standard InChI is InChI=1S/C30H35F2N3O9/c1-17(37)13-20-24(27(31)30(32,29(42)43-2)44-26(20)25(40)22(39)16-36)35-23(15-34-28(41)19-11-7-4-8-12-19)33-14-21(38)18-9-5-3-6-10-18/h3-12,15,20,22,24-27,33,35-36,39-40H,13-14,16H2,1-2H3,(H,34,41)/b23-15+/t20-,22-,24+,25-,26?,27?,30-/m1/s1. The van der Waals surface area contributed by atoms with Gasteiger partial charge in [0.1, 0.15) is 23.8 Å². The Bertz CT molecular complexity index is 1330. The lowest BCUT2D eigenvalue weighted by Gasteiger charge is -2.48. The minimum atomic E-state index is -3.83. The van der Waals surface area contributed by atoms with Gasteiger partial charge in [-0.15, -0.1) is 0 Å². The fourth-order valence-corrected chi connectivity index (χ4v) is 4.74. The van der Waals surface area contributed by atoms with Crippen molar-refractivity contribution in [3.8, 4) is 0 Å². The van der Waals surface area contributed by atoms with Gasteiger partial charge < -0.3 is 45.5 Å². The number of halogens is 2. The number of hydrogen-bond acceptors (Lipinski definition) is 11. The summed E-state index contributed by atoms with van der Waals surface area (Å²) in [6, 6.07) is 14.2. The molecule has 0 aromatic heterocycles. The lowest BCUT2D eigenvalue weighted by Crippen LogP contribution is -2.69. The minimum Gasteiger partial charge on any atom is -0.465 e. The highest BCUT2D eigenvalue weighted by molar-refractivity contribution is 5.97. The van der Waals surface area contributed by atoms with Crippen molar-refractivity contribution in [3.05, 3.63) is 83.8 Å². The Balaban J connectivity index is 2.03. The van der Waals surface area contributed by atoms with E-state index in [1.165, 1.54) is 12.1 Å². The molecule has 1 aliphatic rings. The van der Waals surface area contributed by atoms with Crippen LogP contribution in [0.4, 0.5) is 8.78 Å². The normalized spacial score (nSPS) is 24.8. The van der Waals surface area contributed by atoms with Gasteiger partial charge in [0.15, 0.2) is 12.0 Å². The quantitative estimate of drug-likeness (QED) is 0.128. The third kappa shape index (κ3) is 8.23. The van der Waals surface area contributed by atoms with Crippen molar-refractivity contribution in [2.45, 2.75) is 49.7 Å². The number of hydrogen-bond donors (Lipinski definition) is 6. The molecule has 1 saturated heterocycles. The molecule has 6 N–H and O–H groups in total. The predicted octanol–water partition coefficient (Wildman–Crippen LogP) is 0.531. The lowest BCUT2D eigenvalue weighted by atomic mass is 9.78. The summed E-state index contributed by atoms with van der Waals surface area (Å²) in [5.74, 6) is -8.88. The molecule has 1 heterocycles. The average Bonchev–Trinajstić information content (AvgIpc) is 3.04. The number of ether oxygens (including phenoxy) is 2. The smallest absolute Gasteiger partial charge is 0.375 e. The van der Waals surface area contributed by atoms with Gasteiger partial charge >= 0.3 is 11.8 Å². The summed E-state index contributed by atoms with van der Waals surface area (Å²) < 4.78 is 41.5. The number of esters is 1. The molecule has 2 aromatic carbocycles. The molecule has 7 atom stereocenters. The Morgan fingerprint density at radius 3 is 2.18 bits per heavy atom. The van der Waals surface area contributed by atoms with E-state index in [-0.39, 0.29) is 11.4 Å². The van der Waals surface area contributed by atoms with E-state index in [0.29, 0.717) is 5.56 Å². The van der Waals surface area contributed by atoms with Crippen LogP contribution in [0.25, 0.3) is 0 Å². The maximum atomic E-state index is 16.1. The van der Waals surface area contributed by atoms with Crippen molar-refractivity contribution >= 4 is 23.4 Å².